The third-order valence-corrected chi connectivity index (χ3v) is 6.09. The summed E-state index contributed by atoms with van der Waals surface area (Å²) in [6.45, 7) is 4.82. The fraction of sp³-hybridized carbons (Fsp3) is 0.286. The molecule has 3 rings (SSSR count). The summed E-state index contributed by atoms with van der Waals surface area (Å²) in [4.78, 5) is 0.226. The Morgan fingerprint density at radius 2 is 1.74 bits per heavy atom. The Bertz CT molecular complexity index is 994. The number of sulfonamides is 1. The number of aryl methyl sites for hydroxylation is 3. The molecule has 0 bridgehead atoms. The van der Waals surface area contributed by atoms with Gasteiger partial charge in [-0.2, -0.15) is 0 Å². The van der Waals surface area contributed by atoms with Crippen molar-refractivity contribution in [2.75, 3.05) is 0 Å². The molecule has 0 aliphatic rings. The minimum absolute atomic E-state index is 0.226. The second kappa shape index (κ2) is 8.06. The molecular formula is C21H25N3O2S. The van der Waals surface area contributed by atoms with E-state index in [9.17, 15) is 8.42 Å². The van der Waals surface area contributed by atoms with Gasteiger partial charge in [0.15, 0.2) is 0 Å². The van der Waals surface area contributed by atoms with Crippen LogP contribution >= 0.6 is 0 Å². The Morgan fingerprint density at radius 3 is 2.37 bits per heavy atom. The highest BCUT2D eigenvalue weighted by molar-refractivity contribution is 7.94. The molecule has 1 aromatic heterocycles. The maximum absolute atomic E-state index is 12.9. The SMILES string of the molecule is CCn1cc[n+](C)c1CC([N-]S(=O)(=O)c1ccc(C)cc1)c1ccccc1. The topological polar surface area (TPSA) is 57.1 Å². The molecule has 5 nitrogen and oxygen atoms in total. The second-order valence-corrected chi connectivity index (χ2v) is 8.27. The van der Waals surface area contributed by atoms with Crippen LogP contribution in [0.4, 0.5) is 0 Å². The molecule has 6 heteroatoms. The van der Waals surface area contributed by atoms with E-state index in [0.29, 0.717) is 6.42 Å². The third-order valence-electron chi connectivity index (χ3n) is 4.69. The predicted molar refractivity (Wildman–Crippen MR) is 106 cm³/mol. The van der Waals surface area contributed by atoms with Crippen LogP contribution in [-0.4, -0.2) is 13.0 Å². The predicted octanol–water partition coefficient (Wildman–Crippen LogP) is 3.69. The lowest BCUT2D eigenvalue weighted by Gasteiger charge is -2.31. The van der Waals surface area contributed by atoms with E-state index in [0.717, 1.165) is 23.5 Å². The zero-order valence-electron chi connectivity index (χ0n) is 15.9. The zero-order valence-corrected chi connectivity index (χ0v) is 16.7. The van der Waals surface area contributed by atoms with Crippen molar-refractivity contribution in [1.82, 2.24) is 4.57 Å². The van der Waals surface area contributed by atoms with E-state index in [1.807, 2.05) is 61.3 Å². The largest absolute Gasteiger partial charge is 0.538 e. The van der Waals surface area contributed by atoms with Crippen molar-refractivity contribution in [2.45, 2.75) is 37.8 Å². The first kappa shape index (κ1) is 19.3. The molecule has 0 saturated heterocycles. The van der Waals surface area contributed by atoms with Crippen LogP contribution in [0.3, 0.4) is 0 Å². The smallest absolute Gasteiger partial charge is 0.255 e. The standard InChI is InChI=1S/C21H25N3O2S/c1-4-24-15-14-23(3)21(24)16-20(18-8-6-5-7-9-18)22-27(25,26)19-12-10-17(2)11-13-19/h5-15,20H,4,16H2,1-3H3. The van der Waals surface area contributed by atoms with Crippen molar-refractivity contribution in [3.05, 3.63) is 88.7 Å². The molecule has 0 fully saturated rings. The number of nitrogens with zero attached hydrogens (tertiary/aromatic N) is 3. The van der Waals surface area contributed by atoms with Crippen molar-refractivity contribution in [3.8, 4) is 0 Å². The van der Waals surface area contributed by atoms with Gasteiger partial charge in [-0.3, -0.25) is 0 Å². The van der Waals surface area contributed by atoms with E-state index in [1.165, 1.54) is 0 Å². The summed E-state index contributed by atoms with van der Waals surface area (Å²) in [6, 6.07) is 15.9. The molecule has 1 atom stereocenters. The Balaban J connectivity index is 1.95. The van der Waals surface area contributed by atoms with Crippen LogP contribution in [0.25, 0.3) is 4.72 Å². The number of imidazole rings is 1. The molecule has 0 radical (unpaired) electrons. The average Bonchev–Trinajstić information content (AvgIpc) is 3.02. The molecule has 0 aliphatic heterocycles. The van der Waals surface area contributed by atoms with Gasteiger partial charge in [-0.1, -0.05) is 59.6 Å². The molecule has 0 amide bonds. The van der Waals surface area contributed by atoms with Gasteiger partial charge in [-0.25, -0.2) is 17.6 Å². The molecule has 0 aliphatic carbocycles. The molecule has 27 heavy (non-hydrogen) atoms. The molecule has 1 unspecified atom stereocenters. The maximum Gasteiger partial charge on any atom is 0.255 e. The summed E-state index contributed by atoms with van der Waals surface area (Å²) in [5, 5.41) is 0. The van der Waals surface area contributed by atoms with Crippen LogP contribution in [0.15, 0.2) is 71.9 Å². The van der Waals surface area contributed by atoms with E-state index in [1.54, 1.807) is 24.3 Å². The van der Waals surface area contributed by atoms with Gasteiger partial charge in [-0.05, 0) is 26.0 Å². The third kappa shape index (κ3) is 4.46. The van der Waals surface area contributed by atoms with Crippen molar-refractivity contribution in [2.24, 2.45) is 7.05 Å². The minimum Gasteiger partial charge on any atom is -0.538 e. The summed E-state index contributed by atoms with van der Waals surface area (Å²) < 4.78 is 34.3. The highest BCUT2D eigenvalue weighted by Crippen LogP contribution is 2.32. The average molecular weight is 384 g/mol. The van der Waals surface area contributed by atoms with Crippen LogP contribution < -0.4 is 4.57 Å². The lowest BCUT2D eigenvalue weighted by atomic mass is 10.0. The quantitative estimate of drug-likeness (QED) is 0.584. The van der Waals surface area contributed by atoms with Gasteiger partial charge in [0.2, 0.25) is 0 Å². The molecule has 0 saturated carbocycles. The Labute approximate surface area is 161 Å². The molecule has 0 spiro atoms. The summed E-state index contributed by atoms with van der Waals surface area (Å²) >= 11 is 0. The van der Waals surface area contributed by atoms with Gasteiger partial charge in [0, 0.05) is 11.3 Å². The Morgan fingerprint density at radius 1 is 1.07 bits per heavy atom. The van der Waals surface area contributed by atoms with E-state index in [2.05, 4.69) is 16.2 Å². The normalized spacial score (nSPS) is 12.9. The van der Waals surface area contributed by atoms with Crippen molar-refractivity contribution in [3.63, 3.8) is 0 Å². The van der Waals surface area contributed by atoms with Gasteiger partial charge in [-0.15, -0.1) is 0 Å². The first-order valence-electron chi connectivity index (χ1n) is 9.03. The minimum atomic E-state index is -3.75. The molecule has 3 aromatic rings. The first-order valence-corrected chi connectivity index (χ1v) is 10.5. The lowest BCUT2D eigenvalue weighted by molar-refractivity contribution is -0.679. The van der Waals surface area contributed by atoms with Gasteiger partial charge in [0.25, 0.3) is 5.82 Å². The fourth-order valence-electron chi connectivity index (χ4n) is 3.11. The lowest BCUT2D eigenvalue weighted by Crippen LogP contribution is -2.33. The van der Waals surface area contributed by atoms with Gasteiger partial charge in [0.1, 0.15) is 22.4 Å². The summed E-state index contributed by atoms with van der Waals surface area (Å²) in [5.74, 6) is 1.04. The Kier molecular flexibility index (Phi) is 5.77. The van der Waals surface area contributed by atoms with E-state index >= 15 is 0 Å². The number of hydrogen-bond acceptors (Lipinski definition) is 2. The van der Waals surface area contributed by atoms with Crippen LogP contribution in [0, 0.1) is 6.92 Å². The van der Waals surface area contributed by atoms with Gasteiger partial charge < -0.3 is 4.72 Å². The first-order chi connectivity index (χ1) is 12.9. The van der Waals surface area contributed by atoms with Crippen molar-refractivity contribution < 1.29 is 13.0 Å². The van der Waals surface area contributed by atoms with Crippen LogP contribution in [0.5, 0.6) is 0 Å². The number of aromatic nitrogens is 2. The summed E-state index contributed by atoms with van der Waals surface area (Å²) in [6.07, 6.45) is 4.49. The number of rotatable bonds is 7. The van der Waals surface area contributed by atoms with Crippen LogP contribution in [0.1, 0.15) is 29.9 Å². The molecule has 2 aromatic carbocycles. The van der Waals surface area contributed by atoms with Gasteiger partial charge >= 0.3 is 0 Å². The van der Waals surface area contributed by atoms with Crippen molar-refractivity contribution in [1.29, 1.82) is 0 Å². The zero-order chi connectivity index (χ0) is 19.4. The monoisotopic (exact) mass is 383 g/mol. The van der Waals surface area contributed by atoms with Crippen molar-refractivity contribution >= 4 is 10.0 Å². The summed E-state index contributed by atoms with van der Waals surface area (Å²) in [7, 11) is -1.78. The van der Waals surface area contributed by atoms with E-state index < -0.39 is 16.1 Å². The number of hydrogen-bond donors (Lipinski definition) is 0. The maximum atomic E-state index is 12.9. The number of benzene rings is 2. The van der Waals surface area contributed by atoms with Crippen LogP contribution in [0.2, 0.25) is 0 Å². The van der Waals surface area contributed by atoms with Gasteiger partial charge in [0.05, 0.1) is 13.6 Å². The second-order valence-electron chi connectivity index (χ2n) is 6.64. The highest BCUT2D eigenvalue weighted by Gasteiger charge is 2.19. The van der Waals surface area contributed by atoms with Crippen LogP contribution in [-0.2, 0) is 30.0 Å². The van der Waals surface area contributed by atoms with E-state index in [-0.39, 0.29) is 4.90 Å². The fourth-order valence-corrected chi connectivity index (χ4v) is 4.24. The summed E-state index contributed by atoms with van der Waals surface area (Å²) in [5.41, 5.74) is 1.90. The highest BCUT2D eigenvalue weighted by atomic mass is 32.2. The molecule has 0 N–H and O–H groups in total. The van der Waals surface area contributed by atoms with E-state index in [4.69, 9.17) is 0 Å². The molecule has 142 valence electrons. The molecule has 1 heterocycles. The Hall–Kier alpha value is -2.44. The molecular weight excluding hydrogens is 358 g/mol.